The highest BCUT2D eigenvalue weighted by molar-refractivity contribution is 5.76. The van der Waals surface area contributed by atoms with Crippen molar-refractivity contribution in [1.82, 2.24) is 10.6 Å². The van der Waals surface area contributed by atoms with Gasteiger partial charge in [0.2, 0.25) is 5.91 Å². The monoisotopic (exact) mass is 212 g/mol. The number of carbonyl (C=O) groups is 1. The predicted molar refractivity (Wildman–Crippen MR) is 62.7 cm³/mol. The smallest absolute Gasteiger partial charge is 0.220 e. The van der Waals surface area contributed by atoms with Gasteiger partial charge in [-0.05, 0) is 38.3 Å². The SMILES string of the molecule is CCC(C)CC(=O)NC1CCCNCC1. The van der Waals surface area contributed by atoms with Gasteiger partial charge >= 0.3 is 0 Å². The van der Waals surface area contributed by atoms with E-state index in [2.05, 4.69) is 24.5 Å². The lowest BCUT2D eigenvalue weighted by Crippen LogP contribution is -2.36. The molecule has 2 unspecified atom stereocenters. The molecule has 1 aliphatic heterocycles. The van der Waals surface area contributed by atoms with E-state index in [4.69, 9.17) is 0 Å². The number of rotatable bonds is 4. The Bertz CT molecular complexity index is 186. The summed E-state index contributed by atoms with van der Waals surface area (Å²) in [7, 11) is 0. The van der Waals surface area contributed by atoms with Gasteiger partial charge in [0.25, 0.3) is 0 Å². The van der Waals surface area contributed by atoms with E-state index in [1.54, 1.807) is 0 Å². The molecule has 1 amide bonds. The minimum atomic E-state index is 0.233. The van der Waals surface area contributed by atoms with Crippen molar-refractivity contribution in [2.45, 2.75) is 52.0 Å². The summed E-state index contributed by atoms with van der Waals surface area (Å²) in [4.78, 5) is 11.7. The first-order valence-corrected chi connectivity index (χ1v) is 6.22. The lowest BCUT2D eigenvalue weighted by molar-refractivity contribution is -0.122. The van der Waals surface area contributed by atoms with Crippen LogP contribution in [-0.2, 0) is 4.79 Å². The summed E-state index contributed by atoms with van der Waals surface area (Å²) in [6, 6.07) is 0.400. The van der Waals surface area contributed by atoms with Gasteiger partial charge in [-0.2, -0.15) is 0 Å². The van der Waals surface area contributed by atoms with Crippen LogP contribution in [0.4, 0.5) is 0 Å². The lowest BCUT2D eigenvalue weighted by atomic mass is 10.0. The summed E-state index contributed by atoms with van der Waals surface area (Å²) in [5, 5.41) is 6.50. The molecular formula is C12H24N2O. The Morgan fingerprint density at radius 3 is 3.00 bits per heavy atom. The minimum absolute atomic E-state index is 0.233. The highest BCUT2D eigenvalue weighted by Crippen LogP contribution is 2.09. The van der Waals surface area contributed by atoms with E-state index >= 15 is 0 Å². The molecule has 0 spiro atoms. The van der Waals surface area contributed by atoms with Gasteiger partial charge in [0.05, 0.1) is 0 Å². The van der Waals surface area contributed by atoms with Crippen LogP contribution in [0.5, 0.6) is 0 Å². The summed E-state index contributed by atoms with van der Waals surface area (Å²) < 4.78 is 0. The minimum Gasteiger partial charge on any atom is -0.353 e. The molecule has 0 aromatic heterocycles. The number of nitrogens with one attached hydrogen (secondary N) is 2. The van der Waals surface area contributed by atoms with Crippen molar-refractivity contribution < 1.29 is 4.79 Å². The molecule has 3 nitrogen and oxygen atoms in total. The zero-order chi connectivity index (χ0) is 11.1. The largest absolute Gasteiger partial charge is 0.353 e. The Hall–Kier alpha value is -0.570. The average Bonchev–Trinajstić information content (AvgIpc) is 2.46. The first-order chi connectivity index (χ1) is 7.22. The van der Waals surface area contributed by atoms with Crippen LogP contribution in [0, 0.1) is 5.92 Å². The van der Waals surface area contributed by atoms with Crippen molar-refractivity contribution in [2.24, 2.45) is 5.92 Å². The fourth-order valence-corrected chi connectivity index (χ4v) is 1.91. The van der Waals surface area contributed by atoms with Crippen LogP contribution in [-0.4, -0.2) is 25.0 Å². The summed E-state index contributed by atoms with van der Waals surface area (Å²) >= 11 is 0. The van der Waals surface area contributed by atoms with Crippen LogP contribution in [0.2, 0.25) is 0 Å². The van der Waals surface area contributed by atoms with E-state index in [1.807, 2.05) is 0 Å². The van der Waals surface area contributed by atoms with Gasteiger partial charge in [-0.25, -0.2) is 0 Å². The summed E-state index contributed by atoms with van der Waals surface area (Å²) in [6.45, 7) is 6.40. The molecule has 15 heavy (non-hydrogen) atoms. The van der Waals surface area contributed by atoms with Crippen LogP contribution >= 0.6 is 0 Å². The molecule has 0 aliphatic carbocycles. The Morgan fingerprint density at radius 2 is 2.27 bits per heavy atom. The van der Waals surface area contributed by atoms with E-state index in [0.29, 0.717) is 18.4 Å². The molecule has 0 radical (unpaired) electrons. The van der Waals surface area contributed by atoms with Gasteiger partial charge in [0.1, 0.15) is 0 Å². The van der Waals surface area contributed by atoms with Crippen molar-refractivity contribution in [1.29, 1.82) is 0 Å². The van der Waals surface area contributed by atoms with Crippen LogP contribution in [0.25, 0.3) is 0 Å². The number of carbonyl (C=O) groups excluding carboxylic acids is 1. The maximum absolute atomic E-state index is 11.7. The lowest BCUT2D eigenvalue weighted by Gasteiger charge is -2.17. The van der Waals surface area contributed by atoms with Crippen LogP contribution in [0.15, 0.2) is 0 Å². The van der Waals surface area contributed by atoms with Crippen molar-refractivity contribution in [2.75, 3.05) is 13.1 Å². The quantitative estimate of drug-likeness (QED) is 0.744. The second-order valence-electron chi connectivity index (χ2n) is 4.66. The number of hydrogen-bond acceptors (Lipinski definition) is 2. The highest BCUT2D eigenvalue weighted by atomic mass is 16.1. The standard InChI is InChI=1S/C12H24N2O/c1-3-10(2)9-12(15)14-11-5-4-7-13-8-6-11/h10-11,13H,3-9H2,1-2H3,(H,14,15). The summed E-state index contributed by atoms with van der Waals surface area (Å²) in [5.41, 5.74) is 0. The molecule has 0 aromatic rings. The van der Waals surface area contributed by atoms with Gasteiger partial charge in [-0.15, -0.1) is 0 Å². The molecule has 1 fully saturated rings. The molecule has 0 saturated carbocycles. The second-order valence-corrected chi connectivity index (χ2v) is 4.66. The van der Waals surface area contributed by atoms with E-state index in [1.165, 1.54) is 6.42 Å². The normalized spacial score (nSPS) is 24.3. The Labute approximate surface area is 93.0 Å². The van der Waals surface area contributed by atoms with Crippen LogP contribution in [0.1, 0.15) is 46.0 Å². The predicted octanol–water partition coefficient (Wildman–Crippen LogP) is 1.68. The Morgan fingerprint density at radius 1 is 1.47 bits per heavy atom. The molecule has 0 aromatic carbocycles. The Balaban J connectivity index is 2.23. The molecule has 0 bridgehead atoms. The fraction of sp³-hybridized carbons (Fsp3) is 0.917. The van der Waals surface area contributed by atoms with E-state index in [0.717, 1.165) is 32.4 Å². The third-order valence-corrected chi connectivity index (χ3v) is 3.17. The topological polar surface area (TPSA) is 41.1 Å². The molecule has 88 valence electrons. The Kier molecular flexibility index (Phi) is 5.69. The van der Waals surface area contributed by atoms with Gasteiger partial charge in [0, 0.05) is 12.5 Å². The average molecular weight is 212 g/mol. The zero-order valence-electron chi connectivity index (χ0n) is 10.0. The molecular weight excluding hydrogens is 188 g/mol. The first-order valence-electron chi connectivity index (χ1n) is 6.22. The summed E-state index contributed by atoms with van der Waals surface area (Å²) in [6.07, 6.45) is 5.14. The first kappa shape index (κ1) is 12.5. The van der Waals surface area contributed by atoms with Gasteiger partial charge in [-0.3, -0.25) is 4.79 Å². The third kappa shape index (κ3) is 5.17. The molecule has 2 atom stereocenters. The maximum Gasteiger partial charge on any atom is 0.220 e. The van der Waals surface area contributed by atoms with E-state index < -0.39 is 0 Å². The molecule has 1 heterocycles. The number of amides is 1. The third-order valence-electron chi connectivity index (χ3n) is 3.17. The van der Waals surface area contributed by atoms with Gasteiger partial charge in [-0.1, -0.05) is 20.3 Å². The van der Waals surface area contributed by atoms with Crippen LogP contribution in [0.3, 0.4) is 0 Å². The second kappa shape index (κ2) is 6.83. The van der Waals surface area contributed by atoms with Crippen molar-refractivity contribution in [3.63, 3.8) is 0 Å². The van der Waals surface area contributed by atoms with E-state index in [9.17, 15) is 4.79 Å². The van der Waals surface area contributed by atoms with Crippen LogP contribution < -0.4 is 10.6 Å². The fourth-order valence-electron chi connectivity index (χ4n) is 1.91. The summed E-state index contributed by atoms with van der Waals surface area (Å²) in [5.74, 6) is 0.741. The van der Waals surface area contributed by atoms with Crippen molar-refractivity contribution >= 4 is 5.91 Å². The highest BCUT2D eigenvalue weighted by Gasteiger charge is 2.15. The molecule has 3 heteroatoms. The zero-order valence-corrected chi connectivity index (χ0v) is 10.0. The molecule has 1 saturated heterocycles. The molecule has 2 N–H and O–H groups in total. The maximum atomic E-state index is 11.7. The van der Waals surface area contributed by atoms with Crippen molar-refractivity contribution in [3.8, 4) is 0 Å². The molecule has 1 rings (SSSR count). The number of hydrogen-bond donors (Lipinski definition) is 2. The van der Waals surface area contributed by atoms with Gasteiger partial charge < -0.3 is 10.6 Å². The van der Waals surface area contributed by atoms with E-state index in [-0.39, 0.29) is 5.91 Å². The molecule has 1 aliphatic rings. The van der Waals surface area contributed by atoms with Gasteiger partial charge in [0.15, 0.2) is 0 Å². The van der Waals surface area contributed by atoms with Crippen molar-refractivity contribution in [3.05, 3.63) is 0 Å².